The number of hydrogen-bond acceptors (Lipinski definition) is 4. The standard InChI is InChI=1S/C16H32N2O3/c1-5-6-14(12-18-15(19)21-16(2,3)4)17-11-13-7-9-20-10-8-13/h13-14,17H,5-12H2,1-4H3,(H,18,19). The Morgan fingerprint density at radius 2 is 2.00 bits per heavy atom. The number of rotatable bonds is 7. The monoisotopic (exact) mass is 300 g/mol. The molecule has 1 saturated heterocycles. The zero-order valence-electron chi connectivity index (χ0n) is 14.0. The van der Waals surface area contributed by atoms with Crippen molar-refractivity contribution in [1.29, 1.82) is 0 Å². The molecular weight excluding hydrogens is 268 g/mol. The largest absolute Gasteiger partial charge is 0.444 e. The molecule has 0 bridgehead atoms. The second-order valence-electron chi connectivity index (χ2n) is 6.83. The summed E-state index contributed by atoms with van der Waals surface area (Å²) in [5.74, 6) is 0.694. The highest BCUT2D eigenvalue weighted by Gasteiger charge is 2.18. The lowest BCUT2D eigenvalue weighted by molar-refractivity contribution is 0.0518. The number of hydrogen-bond donors (Lipinski definition) is 2. The summed E-state index contributed by atoms with van der Waals surface area (Å²) in [7, 11) is 0. The average Bonchev–Trinajstić information content (AvgIpc) is 2.41. The van der Waals surface area contributed by atoms with E-state index in [1.54, 1.807) is 0 Å². The zero-order chi connectivity index (χ0) is 15.7. The molecule has 1 rings (SSSR count). The summed E-state index contributed by atoms with van der Waals surface area (Å²) < 4.78 is 10.6. The lowest BCUT2D eigenvalue weighted by atomic mass is 9.99. The third-order valence-electron chi connectivity index (χ3n) is 3.56. The minimum atomic E-state index is -0.445. The van der Waals surface area contributed by atoms with E-state index in [9.17, 15) is 4.79 Å². The molecule has 1 aliphatic heterocycles. The van der Waals surface area contributed by atoms with Crippen molar-refractivity contribution in [1.82, 2.24) is 10.6 Å². The van der Waals surface area contributed by atoms with Crippen LogP contribution in [0.25, 0.3) is 0 Å². The van der Waals surface area contributed by atoms with Crippen LogP contribution in [0.2, 0.25) is 0 Å². The summed E-state index contributed by atoms with van der Waals surface area (Å²) >= 11 is 0. The molecule has 5 heteroatoms. The normalized spacial score (nSPS) is 18.3. The molecule has 1 aliphatic rings. The van der Waals surface area contributed by atoms with Gasteiger partial charge in [-0.2, -0.15) is 0 Å². The van der Waals surface area contributed by atoms with Gasteiger partial charge < -0.3 is 20.1 Å². The molecule has 0 aromatic heterocycles. The fourth-order valence-corrected chi connectivity index (χ4v) is 2.43. The predicted octanol–water partition coefficient (Wildman–Crippen LogP) is 2.70. The van der Waals surface area contributed by atoms with E-state index in [2.05, 4.69) is 17.6 Å². The van der Waals surface area contributed by atoms with Crippen molar-refractivity contribution in [3.05, 3.63) is 0 Å². The number of nitrogens with one attached hydrogen (secondary N) is 2. The van der Waals surface area contributed by atoms with Gasteiger partial charge in [0.1, 0.15) is 5.60 Å². The van der Waals surface area contributed by atoms with Crippen molar-refractivity contribution in [2.45, 2.75) is 65.0 Å². The zero-order valence-corrected chi connectivity index (χ0v) is 14.0. The summed E-state index contributed by atoms with van der Waals surface area (Å²) in [5, 5.41) is 6.45. The van der Waals surface area contributed by atoms with Gasteiger partial charge in [-0.3, -0.25) is 0 Å². The highest BCUT2D eigenvalue weighted by molar-refractivity contribution is 5.67. The van der Waals surface area contributed by atoms with Crippen LogP contribution in [0.5, 0.6) is 0 Å². The molecule has 0 spiro atoms. The Balaban J connectivity index is 2.26. The van der Waals surface area contributed by atoms with Crippen molar-refractivity contribution in [2.24, 2.45) is 5.92 Å². The van der Waals surface area contributed by atoms with Gasteiger partial charge in [0.2, 0.25) is 0 Å². The molecule has 0 saturated carbocycles. The van der Waals surface area contributed by atoms with Gasteiger partial charge in [0, 0.05) is 25.8 Å². The minimum Gasteiger partial charge on any atom is -0.444 e. The molecule has 1 atom stereocenters. The van der Waals surface area contributed by atoms with Crippen LogP contribution in [0.3, 0.4) is 0 Å². The highest BCUT2D eigenvalue weighted by Crippen LogP contribution is 2.14. The maximum Gasteiger partial charge on any atom is 0.407 e. The van der Waals surface area contributed by atoms with Crippen LogP contribution >= 0.6 is 0 Å². The third-order valence-corrected chi connectivity index (χ3v) is 3.56. The van der Waals surface area contributed by atoms with Gasteiger partial charge in [-0.25, -0.2) is 4.79 Å². The van der Waals surface area contributed by atoms with E-state index in [1.165, 1.54) is 0 Å². The van der Waals surface area contributed by atoms with E-state index in [4.69, 9.17) is 9.47 Å². The summed E-state index contributed by atoms with van der Waals surface area (Å²) in [6.45, 7) is 11.2. The van der Waals surface area contributed by atoms with Crippen LogP contribution in [0.1, 0.15) is 53.4 Å². The first-order chi connectivity index (χ1) is 9.90. The topological polar surface area (TPSA) is 59.6 Å². The van der Waals surface area contributed by atoms with Crippen molar-refractivity contribution in [2.75, 3.05) is 26.3 Å². The fourth-order valence-electron chi connectivity index (χ4n) is 2.43. The smallest absolute Gasteiger partial charge is 0.407 e. The summed E-state index contributed by atoms with van der Waals surface area (Å²) in [5.41, 5.74) is -0.445. The molecule has 21 heavy (non-hydrogen) atoms. The Kier molecular flexibility index (Phi) is 8.04. The van der Waals surface area contributed by atoms with Crippen LogP contribution in [0, 0.1) is 5.92 Å². The molecule has 1 amide bonds. The molecule has 0 aromatic carbocycles. The number of amides is 1. The second-order valence-corrected chi connectivity index (χ2v) is 6.83. The third kappa shape index (κ3) is 8.94. The minimum absolute atomic E-state index is 0.311. The Bertz CT molecular complexity index is 296. The maximum atomic E-state index is 11.7. The molecule has 2 N–H and O–H groups in total. The lowest BCUT2D eigenvalue weighted by Crippen LogP contribution is -2.44. The molecule has 1 heterocycles. The Labute approximate surface area is 129 Å². The van der Waals surface area contributed by atoms with Gasteiger partial charge in [0.15, 0.2) is 0 Å². The van der Waals surface area contributed by atoms with Crippen LogP contribution in [0.4, 0.5) is 4.79 Å². The first-order valence-corrected chi connectivity index (χ1v) is 8.18. The molecule has 0 aliphatic carbocycles. The number of alkyl carbamates (subject to hydrolysis) is 1. The Morgan fingerprint density at radius 1 is 1.33 bits per heavy atom. The Hall–Kier alpha value is -0.810. The summed E-state index contributed by atoms with van der Waals surface area (Å²) in [4.78, 5) is 11.7. The molecule has 0 aromatic rings. The van der Waals surface area contributed by atoms with Crippen LogP contribution in [-0.2, 0) is 9.47 Å². The average molecular weight is 300 g/mol. The lowest BCUT2D eigenvalue weighted by Gasteiger charge is -2.26. The van der Waals surface area contributed by atoms with Crippen molar-refractivity contribution < 1.29 is 14.3 Å². The van der Waals surface area contributed by atoms with E-state index >= 15 is 0 Å². The van der Waals surface area contributed by atoms with Gasteiger partial charge in [-0.15, -0.1) is 0 Å². The second kappa shape index (κ2) is 9.26. The highest BCUT2D eigenvalue weighted by atomic mass is 16.6. The molecule has 1 unspecified atom stereocenters. The van der Waals surface area contributed by atoms with E-state index in [0.29, 0.717) is 18.5 Å². The van der Waals surface area contributed by atoms with E-state index in [0.717, 1.165) is 45.4 Å². The van der Waals surface area contributed by atoms with Gasteiger partial charge in [-0.05, 0) is 52.5 Å². The van der Waals surface area contributed by atoms with Gasteiger partial charge in [0.05, 0.1) is 0 Å². The predicted molar refractivity (Wildman–Crippen MR) is 84.5 cm³/mol. The summed E-state index contributed by atoms with van der Waals surface area (Å²) in [6.07, 6.45) is 4.08. The number of carbonyl (C=O) groups is 1. The van der Waals surface area contributed by atoms with Gasteiger partial charge in [-0.1, -0.05) is 13.3 Å². The molecule has 1 fully saturated rings. The van der Waals surface area contributed by atoms with Crippen LogP contribution in [0.15, 0.2) is 0 Å². The van der Waals surface area contributed by atoms with Gasteiger partial charge >= 0.3 is 6.09 Å². The quantitative estimate of drug-likeness (QED) is 0.759. The maximum absolute atomic E-state index is 11.7. The first-order valence-electron chi connectivity index (χ1n) is 8.18. The number of ether oxygens (including phenoxy) is 2. The van der Waals surface area contributed by atoms with E-state index in [1.807, 2.05) is 20.8 Å². The van der Waals surface area contributed by atoms with Crippen LogP contribution in [-0.4, -0.2) is 44.0 Å². The first kappa shape index (κ1) is 18.2. The van der Waals surface area contributed by atoms with Gasteiger partial charge in [0.25, 0.3) is 0 Å². The van der Waals surface area contributed by atoms with E-state index in [-0.39, 0.29) is 6.09 Å². The molecule has 124 valence electrons. The molecule has 0 radical (unpaired) electrons. The van der Waals surface area contributed by atoms with Crippen molar-refractivity contribution in [3.8, 4) is 0 Å². The molecule has 5 nitrogen and oxygen atoms in total. The van der Waals surface area contributed by atoms with Crippen LogP contribution < -0.4 is 10.6 Å². The van der Waals surface area contributed by atoms with E-state index < -0.39 is 5.60 Å². The number of carbonyl (C=O) groups excluding carboxylic acids is 1. The molecular formula is C16H32N2O3. The fraction of sp³-hybridized carbons (Fsp3) is 0.938. The summed E-state index contributed by atoms with van der Waals surface area (Å²) in [6, 6.07) is 0.311. The van der Waals surface area contributed by atoms with Crippen molar-refractivity contribution >= 4 is 6.09 Å². The Morgan fingerprint density at radius 3 is 2.57 bits per heavy atom. The SMILES string of the molecule is CCCC(CNC(=O)OC(C)(C)C)NCC1CCOCC1. The van der Waals surface area contributed by atoms with Crippen molar-refractivity contribution in [3.63, 3.8) is 0 Å².